The molecule has 1 rings (SSSR count). The lowest BCUT2D eigenvalue weighted by molar-refractivity contribution is 0.0365. The number of hydrogen-bond acceptors (Lipinski definition) is 2. The summed E-state index contributed by atoms with van der Waals surface area (Å²) in [5.41, 5.74) is 0.441. The first-order chi connectivity index (χ1) is 6.20. The van der Waals surface area contributed by atoms with Crippen LogP contribution in [-0.4, -0.2) is 42.7 Å². The van der Waals surface area contributed by atoms with Crippen molar-refractivity contribution in [2.24, 2.45) is 5.41 Å². The maximum Gasteiger partial charge on any atom is 0.0516 e. The molecule has 0 aliphatic carbocycles. The van der Waals surface area contributed by atoms with Crippen molar-refractivity contribution in [2.75, 3.05) is 37.8 Å². The molecule has 0 amide bonds. The molecule has 13 heavy (non-hydrogen) atoms. The molecular weight excluding hydrogens is 277 g/mol. The van der Waals surface area contributed by atoms with Gasteiger partial charge in [0.05, 0.1) is 6.61 Å². The minimum absolute atomic E-state index is 0.441. The maximum atomic E-state index is 5.26. The number of alkyl halides is 1. The molecule has 0 aromatic heterocycles. The van der Waals surface area contributed by atoms with Gasteiger partial charge in [0.2, 0.25) is 0 Å². The highest BCUT2D eigenvalue weighted by molar-refractivity contribution is 14.1. The molecule has 0 atom stereocenters. The summed E-state index contributed by atoms with van der Waals surface area (Å²) in [6, 6.07) is 0. The predicted molar refractivity (Wildman–Crippen MR) is 64.5 cm³/mol. The Bertz CT molecular complexity index is 144. The normalized spacial score (nSPS) is 23.3. The average molecular weight is 297 g/mol. The third-order valence-electron chi connectivity index (χ3n) is 2.96. The van der Waals surface area contributed by atoms with Crippen LogP contribution in [0.15, 0.2) is 0 Å². The molecule has 0 bridgehead atoms. The summed E-state index contributed by atoms with van der Waals surface area (Å²) >= 11 is 2.45. The summed E-state index contributed by atoms with van der Waals surface area (Å²) in [6.45, 7) is 7.03. The average Bonchev–Trinajstić information content (AvgIpc) is 2.10. The van der Waals surface area contributed by atoms with Crippen LogP contribution in [0.5, 0.6) is 0 Å². The van der Waals surface area contributed by atoms with Crippen LogP contribution in [0.3, 0.4) is 0 Å². The Balaban J connectivity index is 2.28. The summed E-state index contributed by atoms with van der Waals surface area (Å²) < 4.78 is 6.51. The summed E-state index contributed by atoms with van der Waals surface area (Å²) in [4.78, 5) is 2.56. The first kappa shape index (κ1) is 11.7. The van der Waals surface area contributed by atoms with Crippen LogP contribution in [0.4, 0.5) is 0 Å². The lowest BCUT2D eigenvalue weighted by Gasteiger charge is -2.38. The van der Waals surface area contributed by atoms with Crippen LogP contribution in [0.25, 0.3) is 0 Å². The van der Waals surface area contributed by atoms with Crippen LogP contribution < -0.4 is 0 Å². The molecule has 1 aliphatic heterocycles. The van der Waals surface area contributed by atoms with E-state index >= 15 is 0 Å². The Kier molecular flexibility index (Phi) is 4.97. The second-order valence-electron chi connectivity index (χ2n) is 4.27. The molecule has 3 heteroatoms. The SMILES string of the molecule is COCC1(C)CCN(CCI)CC1. The highest BCUT2D eigenvalue weighted by atomic mass is 127. The number of nitrogens with zero attached hydrogens (tertiary/aromatic N) is 1. The van der Waals surface area contributed by atoms with E-state index in [-0.39, 0.29) is 0 Å². The number of halogens is 1. The lowest BCUT2D eigenvalue weighted by atomic mass is 9.81. The first-order valence-corrected chi connectivity index (χ1v) is 6.50. The molecule has 1 aliphatic rings. The maximum absolute atomic E-state index is 5.26. The molecular formula is C10H20INO. The topological polar surface area (TPSA) is 12.5 Å². The van der Waals surface area contributed by atoms with E-state index in [4.69, 9.17) is 4.74 Å². The van der Waals surface area contributed by atoms with Gasteiger partial charge in [-0.2, -0.15) is 0 Å². The van der Waals surface area contributed by atoms with Crippen molar-refractivity contribution in [3.63, 3.8) is 0 Å². The highest BCUT2D eigenvalue weighted by Gasteiger charge is 2.29. The standard InChI is InChI=1S/C10H20INO/c1-10(9-13-2)3-6-12(7-4-10)8-5-11/h3-9H2,1-2H3. The zero-order valence-corrected chi connectivity index (χ0v) is 10.8. The molecule has 1 fully saturated rings. The Hall–Kier alpha value is 0.650. The summed E-state index contributed by atoms with van der Waals surface area (Å²) in [6.07, 6.45) is 2.58. The number of hydrogen-bond donors (Lipinski definition) is 0. The van der Waals surface area contributed by atoms with E-state index in [2.05, 4.69) is 34.4 Å². The number of likely N-dealkylation sites (tertiary alicyclic amines) is 1. The van der Waals surface area contributed by atoms with Gasteiger partial charge >= 0.3 is 0 Å². The smallest absolute Gasteiger partial charge is 0.0516 e. The molecule has 0 N–H and O–H groups in total. The first-order valence-electron chi connectivity index (χ1n) is 4.97. The Labute approximate surface area is 95.2 Å². The van der Waals surface area contributed by atoms with E-state index in [9.17, 15) is 0 Å². The van der Waals surface area contributed by atoms with Gasteiger partial charge in [0.15, 0.2) is 0 Å². The van der Waals surface area contributed by atoms with E-state index < -0.39 is 0 Å². The van der Waals surface area contributed by atoms with E-state index in [0.29, 0.717) is 5.41 Å². The summed E-state index contributed by atoms with van der Waals surface area (Å²) in [7, 11) is 1.81. The van der Waals surface area contributed by atoms with Gasteiger partial charge in [0.25, 0.3) is 0 Å². The zero-order chi connectivity index (χ0) is 9.73. The Morgan fingerprint density at radius 2 is 2.00 bits per heavy atom. The van der Waals surface area contributed by atoms with Gasteiger partial charge in [-0.1, -0.05) is 29.5 Å². The van der Waals surface area contributed by atoms with Gasteiger partial charge in [-0.15, -0.1) is 0 Å². The second-order valence-corrected chi connectivity index (χ2v) is 5.35. The van der Waals surface area contributed by atoms with Crippen LogP contribution >= 0.6 is 22.6 Å². The summed E-state index contributed by atoms with van der Waals surface area (Å²) in [5.74, 6) is 0. The molecule has 0 radical (unpaired) electrons. The number of rotatable bonds is 4. The van der Waals surface area contributed by atoms with Gasteiger partial charge < -0.3 is 9.64 Å². The van der Waals surface area contributed by atoms with Crippen LogP contribution in [0.2, 0.25) is 0 Å². The molecule has 78 valence electrons. The predicted octanol–water partition coefficient (Wildman–Crippen LogP) is 2.17. The molecule has 0 unspecified atom stereocenters. The fraction of sp³-hybridized carbons (Fsp3) is 1.00. The second kappa shape index (κ2) is 5.51. The monoisotopic (exact) mass is 297 g/mol. The van der Waals surface area contributed by atoms with Gasteiger partial charge in [0.1, 0.15) is 0 Å². The van der Waals surface area contributed by atoms with Crippen molar-refractivity contribution in [3.05, 3.63) is 0 Å². The van der Waals surface area contributed by atoms with Crippen molar-refractivity contribution in [2.45, 2.75) is 19.8 Å². The van der Waals surface area contributed by atoms with Crippen molar-refractivity contribution >= 4 is 22.6 Å². The molecule has 0 spiro atoms. The fourth-order valence-corrected chi connectivity index (χ4v) is 2.61. The van der Waals surface area contributed by atoms with Gasteiger partial charge in [0, 0.05) is 18.1 Å². The van der Waals surface area contributed by atoms with Crippen molar-refractivity contribution in [1.29, 1.82) is 0 Å². The Morgan fingerprint density at radius 3 is 2.46 bits per heavy atom. The molecule has 0 saturated carbocycles. The van der Waals surface area contributed by atoms with Crippen LogP contribution in [0.1, 0.15) is 19.8 Å². The van der Waals surface area contributed by atoms with E-state index in [1.807, 2.05) is 7.11 Å². The molecule has 1 heterocycles. The molecule has 1 saturated heterocycles. The van der Waals surface area contributed by atoms with Crippen molar-refractivity contribution < 1.29 is 4.74 Å². The summed E-state index contributed by atoms with van der Waals surface area (Å²) in [5, 5.41) is 0. The number of ether oxygens (including phenoxy) is 1. The minimum Gasteiger partial charge on any atom is -0.384 e. The van der Waals surface area contributed by atoms with E-state index in [0.717, 1.165) is 6.61 Å². The Morgan fingerprint density at radius 1 is 1.38 bits per heavy atom. The minimum atomic E-state index is 0.441. The molecule has 2 nitrogen and oxygen atoms in total. The van der Waals surface area contributed by atoms with Gasteiger partial charge in [-0.05, 0) is 31.3 Å². The fourth-order valence-electron chi connectivity index (χ4n) is 1.93. The third-order valence-corrected chi connectivity index (χ3v) is 3.44. The quantitative estimate of drug-likeness (QED) is 0.582. The van der Waals surface area contributed by atoms with Crippen LogP contribution in [-0.2, 0) is 4.74 Å². The number of methoxy groups -OCH3 is 1. The van der Waals surface area contributed by atoms with E-state index in [1.54, 1.807) is 0 Å². The van der Waals surface area contributed by atoms with Crippen LogP contribution in [0, 0.1) is 5.41 Å². The zero-order valence-electron chi connectivity index (χ0n) is 8.68. The third kappa shape index (κ3) is 3.72. The lowest BCUT2D eigenvalue weighted by Crippen LogP contribution is -2.41. The van der Waals surface area contributed by atoms with Gasteiger partial charge in [-0.25, -0.2) is 0 Å². The largest absolute Gasteiger partial charge is 0.384 e. The van der Waals surface area contributed by atoms with Crippen molar-refractivity contribution in [3.8, 4) is 0 Å². The van der Waals surface area contributed by atoms with Gasteiger partial charge in [-0.3, -0.25) is 0 Å². The van der Waals surface area contributed by atoms with E-state index in [1.165, 1.54) is 36.9 Å². The molecule has 0 aromatic rings. The van der Waals surface area contributed by atoms with Crippen molar-refractivity contribution in [1.82, 2.24) is 4.90 Å². The number of piperidine rings is 1. The molecule has 0 aromatic carbocycles. The highest BCUT2D eigenvalue weighted by Crippen LogP contribution is 2.30.